The first kappa shape index (κ1) is 14.6. The van der Waals surface area contributed by atoms with Crippen molar-refractivity contribution in [1.29, 1.82) is 0 Å². The number of aryl methyl sites for hydroxylation is 2. The fraction of sp³-hybridized carbons (Fsp3) is 0.462. The highest BCUT2D eigenvalue weighted by Gasteiger charge is 2.30. The standard InChI is InChI=1S/C13H18ClN5O/c1-9-5-11(17-18(9)4)7-15-12(20)13(2,3)19-8-10(14)6-16-19/h5-6,8H,7H2,1-4H3,(H,15,20). The minimum atomic E-state index is -0.809. The second kappa shape index (κ2) is 5.28. The third kappa shape index (κ3) is 2.85. The maximum absolute atomic E-state index is 12.3. The fourth-order valence-electron chi connectivity index (χ4n) is 1.82. The van der Waals surface area contributed by atoms with Gasteiger partial charge in [-0.2, -0.15) is 10.2 Å². The number of nitrogens with one attached hydrogen (secondary N) is 1. The third-order valence-corrected chi connectivity index (χ3v) is 3.47. The first-order valence-corrected chi connectivity index (χ1v) is 6.67. The number of aromatic nitrogens is 4. The lowest BCUT2D eigenvalue weighted by molar-refractivity contribution is -0.129. The summed E-state index contributed by atoms with van der Waals surface area (Å²) in [5, 5.41) is 11.8. The van der Waals surface area contributed by atoms with Crippen LogP contribution in [0.3, 0.4) is 0 Å². The first-order valence-electron chi connectivity index (χ1n) is 6.29. The summed E-state index contributed by atoms with van der Waals surface area (Å²) in [5.41, 5.74) is 1.07. The molecule has 0 aliphatic carbocycles. The first-order chi connectivity index (χ1) is 9.30. The Bertz CT molecular complexity index is 609. The van der Waals surface area contributed by atoms with Crippen molar-refractivity contribution in [3.05, 3.63) is 34.9 Å². The van der Waals surface area contributed by atoms with E-state index in [1.807, 2.05) is 20.0 Å². The van der Waals surface area contributed by atoms with E-state index in [-0.39, 0.29) is 5.91 Å². The van der Waals surface area contributed by atoms with Gasteiger partial charge in [0.1, 0.15) is 5.54 Å². The predicted octanol–water partition coefficient (Wildman–Crippen LogP) is 1.63. The van der Waals surface area contributed by atoms with E-state index in [9.17, 15) is 4.79 Å². The Morgan fingerprint density at radius 2 is 2.20 bits per heavy atom. The van der Waals surface area contributed by atoms with E-state index in [2.05, 4.69) is 15.5 Å². The van der Waals surface area contributed by atoms with Gasteiger partial charge in [0.15, 0.2) is 0 Å². The number of hydrogen-bond donors (Lipinski definition) is 1. The van der Waals surface area contributed by atoms with Gasteiger partial charge in [-0.15, -0.1) is 0 Å². The van der Waals surface area contributed by atoms with E-state index in [0.717, 1.165) is 11.4 Å². The van der Waals surface area contributed by atoms with E-state index in [0.29, 0.717) is 11.6 Å². The Hall–Kier alpha value is -1.82. The predicted molar refractivity (Wildman–Crippen MR) is 76.4 cm³/mol. The summed E-state index contributed by atoms with van der Waals surface area (Å²) >= 11 is 5.84. The van der Waals surface area contributed by atoms with Crippen LogP contribution in [0.4, 0.5) is 0 Å². The lowest BCUT2D eigenvalue weighted by Gasteiger charge is -2.23. The quantitative estimate of drug-likeness (QED) is 0.932. The number of carbonyl (C=O) groups is 1. The lowest BCUT2D eigenvalue weighted by atomic mass is 10.1. The summed E-state index contributed by atoms with van der Waals surface area (Å²) in [7, 11) is 1.87. The monoisotopic (exact) mass is 295 g/mol. The van der Waals surface area contributed by atoms with Crippen molar-refractivity contribution in [2.75, 3.05) is 0 Å². The number of carbonyl (C=O) groups excluding carboxylic acids is 1. The Kier molecular flexibility index (Phi) is 3.85. The molecule has 0 aliphatic rings. The van der Waals surface area contributed by atoms with Gasteiger partial charge in [0, 0.05) is 18.9 Å². The zero-order valence-corrected chi connectivity index (χ0v) is 12.8. The van der Waals surface area contributed by atoms with E-state index < -0.39 is 5.54 Å². The lowest BCUT2D eigenvalue weighted by Crippen LogP contribution is -2.44. The third-order valence-electron chi connectivity index (χ3n) is 3.27. The molecular weight excluding hydrogens is 278 g/mol. The number of nitrogens with zero attached hydrogens (tertiary/aromatic N) is 4. The molecule has 0 spiro atoms. The molecule has 20 heavy (non-hydrogen) atoms. The summed E-state index contributed by atoms with van der Waals surface area (Å²) in [5.74, 6) is -0.138. The maximum atomic E-state index is 12.3. The number of halogens is 1. The van der Waals surface area contributed by atoms with Crippen molar-refractivity contribution in [1.82, 2.24) is 24.9 Å². The van der Waals surface area contributed by atoms with Crippen molar-refractivity contribution < 1.29 is 4.79 Å². The van der Waals surface area contributed by atoms with Crippen molar-refractivity contribution in [2.24, 2.45) is 7.05 Å². The molecule has 6 nitrogen and oxygen atoms in total. The molecule has 2 aromatic heterocycles. The molecule has 2 heterocycles. The van der Waals surface area contributed by atoms with Crippen LogP contribution in [-0.4, -0.2) is 25.5 Å². The highest BCUT2D eigenvalue weighted by molar-refractivity contribution is 6.30. The molecule has 2 aromatic rings. The number of rotatable bonds is 4. The molecular formula is C13H18ClN5O. The molecule has 0 radical (unpaired) electrons. The second-order valence-corrected chi connectivity index (χ2v) is 5.68. The summed E-state index contributed by atoms with van der Waals surface area (Å²) in [6, 6.07) is 1.94. The molecule has 0 fully saturated rings. The summed E-state index contributed by atoms with van der Waals surface area (Å²) in [4.78, 5) is 12.3. The Morgan fingerprint density at radius 3 is 2.70 bits per heavy atom. The molecule has 0 saturated heterocycles. The summed E-state index contributed by atoms with van der Waals surface area (Å²) < 4.78 is 3.33. The van der Waals surface area contributed by atoms with E-state index in [1.165, 1.54) is 6.20 Å². The molecule has 0 bridgehead atoms. The van der Waals surface area contributed by atoms with Gasteiger partial charge in [-0.3, -0.25) is 14.2 Å². The van der Waals surface area contributed by atoms with Gasteiger partial charge in [0.25, 0.3) is 0 Å². The van der Waals surface area contributed by atoms with Crippen molar-refractivity contribution in [3.63, 3.8) is 0 Å². The highest BCUT2D eigenvalue weighted by Crippen LogP contribution is 2.17. The fourth-order valence-corrected chi connectivity index (χ4v) is 1.96. The van der Waals surface area contributed by atoms with E-state index >= 15 is 0 Å². The maximum Gasteiger partial charge on any atom is 0.247 e. The topological polar surface area (TPSA) is 64.7 Å². The van der Waals surface area contributed by atoms with Crippen LogP contribution in [0.25, 0.3) is 0 Å². The minimum absolute atomic E-state index is 0.138. The smallest absolute Gasteiger partial charge is 0.247 e. The van der Waals surface area contributed by atoms with Gasteiger partial charge in [-0.05, 0) is 26.8 Å². The van der Waals surface area contributed by atoms with Gasteiger partial charge in [0.05, 0.1) is 23.5 Å². The minimum Gasteiger partial charge on any atom is -0.348 e. The number of hydrogen-bond acceptors (Lipinski definition) is 3. The normalized spacial score (nSPS) is 11.7. The van der Waals surface area contributed by atoms with Crippen LogP contribution in [0.2, 0.25) is 5.02 Å². The van der Waals surface area contributed by atoms with Crippen LogP contribution >= 0.6 is 11.6 Å². The van der Waals surface area contributed by atoms with Crippen molar-refractivity contribution in [2.45, 2.75) is 32.9 Å². The van der Waals surface area contributed by atoms with Gasteiger partial charge in [0.2, 0.25) is 5.91 Å². The molecule has 0 unspecified atom stereocenters. The summed E-state index contributed by atoms with van der Waals surface area (Å²) in [6.45, 7) is 5.93. The second-order valence-electron chi connectivity index (χ2n) is 5.25. The van der Waals surface area contributed by atoms with Crippen LogP contribution < -0.4 is 5.32 Å². The van der Waals surface area contributed by atoms with Gasteiger partial charge in [-0.25, -0.2) is 0 Å². The Balaban J connectivity index is 2.04. The Labute approximate surface area is 122 Å². The SMILES string of the molecule is Cc1cc(CNC(=O)C(C)(C)n2cc(Cl)cn2)nn1C. The van der Waals surface area contributed by atoms with Crippen LogP contribution in [0.15, 0.2) is 18.5 Å². The molecule has 108 valence electrons. The largest absolute Gasteiger partial charge is 0.348 e. The molecule has 2 rings (SSSR count). The Morgan fingerprint density at radius 1 is 1.50 bits per heavy atom. The molecule has 0 aliphatic heterocycles. The molecule has 0 atom stereocenters. The molecule has 1 N–H and O–H groups in total. The van der Waals surface area contributed by atoms with Crippen LogP contribution in [-0.2, 0) is 23.9 Å². The van der Waals surface area contributed by atoms with Crippen LogP contribution in [0.5, 0.6) is 0 Å². The van der Waals surface area contributed by atoms with Gasteiger partial charge in [-0.1, -0.05) is 11.6 Å². The van der Waals surface area contributed by atoms with Crippen LogP contribution in [0.1, 0.15) is 25.2 Å². The van der Waals surface area contributed by atoms with Gasteiger partial charge >= 0.3 is 0 Å². The molecule has 0 saturated carbocycles. The average molecular weight is 296 g/mol. The van der Waals surface area contributed by atoms with Crippen LogP contribution in [0, 0.1) is 6.92 Å². The molecule has 0 aromatic carbocycles. The average Bonchev–Trinajstić information content (AvgIpc) is 2.94. The van der Waals surface area contributed by atoms with E-state index in [1.54, 1.807) is 29.4 Å². The zero-order valence-electron chi connectivity index (χ0n) is 12.0. The molecule has 7 heteroatoms. The highest BCUT2D eigenvalue weighted by atomic mass is 35.5. The molecule has 1 amide bonds. The summed E-state index contributed by atoms with van der Waals surface area (Å²) in [6.07, 6.45) is 3.14. The van der Waals surface area contributed by atoms with Crippen molar-refractivity contribution in [3.8, 4) is 0 Å². The van der Waals surface area contributed by atoms with E-state index in [4.69, 9.17) is 11.6 Å². The number of amides is 1. The van der Waals surface area contributed by atoms with Gasteiger partial charge < -0.3 is 5.32 Å². The zero-order chi connectivity index (χ0) is 14.9. The van der Waals surface area contributed by atoms with Crippen molar-refractivity contribution >= 4 is 17.5 Å².